The lowest BCUT2D eigenvalue weighted by atomic mass is 9.74. The largest absolute Gasteiger partial charge is 0.504 e. The number of methoxy groups -OCH3 is 1. The summed E-state index contributed by atoms with van der Waals surface area (Å²) < 4.78 is 5.43. The number of phenolic OH excluding ortho intramolecular Hbond substituents is 1. The number of piperidine rings is 1. The smallest absolute Gasteiger partial charge is 0.163 e. The second kappa shape index (κ2) is 5.65. The molecule has 0 saturated carbocycles. The SMILES string of the molecule is CCCN1CCC[C@H]2c3ccc(O)c(OC)c3CC[C@@H]21. The van der Waals surface area contributed by atoms with Crippen molar-refractivity contribution < 1.29 is 9.84 Å². The van der Waals surface area contributed by atoms with Crippen molar-refractivity contribution in [2.45, 2.75) is 51.0 Å². The molecule has 0 unspecified atom stereocenters. The molecule has 1 aromatic carbocycles. The lowest BCUT2D eigenvalue weighted by Crippen LogP contribution is -2.46. The summed E-state index contributed by atoms with van der Waals surface area (Å²) in [6, 6.07) is 4.61. The Morgan fingerprint density at radius 2 is 2.20 bits per heavy atom. The van der Waals surface area contributed by atoms with E-state index in [4.69, 9.17) is 4.74 Å². The van der Waals surface area contributed by atoms with Crippen molar-refractivity contribution in [1.82, 2.24) is 4.90 Å². The van der Waals surface area contributed by atoms with E-state index in [2.05, 4.69) is 17.9 Å². The predicted octanol–water partition coefficient (Wildman–Crippen LogP) is 3.31. The summed E-state index contributed by atoms with van der Waals surface area (Å²) in [5.41, 5.74) is 2.66. The van der Waals surface area contributed by atoms with Crippen LogP contribution in [0.2, 0.25) is 0 Å². The van der Waals surface area contributed by atoms with Crippen LogP contribution in [0.5, 0.6) is 11.5 Å². The molecule has 3 heteroatoms. The van der Waals surface area contributed by atoms with Gasteiger partial charge in [0.15, 0.2) is 11.5 Å². The number of fused-ring (bicyclic) bond motifs is 3. The Bertz CT molecular complexity index is 484. The second-order valence-corrected chi connectivity index (χ2v) is 6.08. The van der Waals surface area contributed by atoms with Crippen LogP contribution < -0.4 is 4.74 Å². The first-order chi connectivity index (χ1) is 9.76. The van der Waals surface area contributed by atoms with Gasteiger partial charge < -0.3 is 9.84 Å². The predicted molar refractivity (Wildman–Crippen MR) is 80.6 cm³/mol. The van der Waals surface area contributed by atoms with Crippen LogP contribution in [0.1, 0.15) is 49.7 Å². The monoisotopic (exact) mass is 275 g/mol. The molecule has 1 N–H and O–H groups in total. The standard InChI is InChI=1S/C17H25NO2/c1-3-10-18-11-4-5-13-12-7-9-16(19)17(20-2)14(12)6-8-15(13)18/h7,9,13,15,19H,3-6,8,10-11H2,1-2H3/t13-,15-/m0/s1. The average molecular weight is 275 g/mol. The number of hydrogen-bond donors (Lipinski definition) is 1. The van der Waals surface area contributed by atoms with Crippen molar-refractivity contribution in [3.8, 4) is 11.5 Å². The normalized spacial score (nSPS) is 25.9. The zero-order valence-corrected chi connectivity index (χ0v) is 12.6. The first-order valence-electron chi connectivity index (χ1n) is 7.89. The highest BCUT2D eigenvalue weighted by Crippen LogP contribution is 2.45. The molecule has 1 saturated heterocycles. The van der Waals surface area contributed by atoms with Gasteiger partial charge in [-0.2, -0.15) is 0 Å². The highest BCUT2D eigenvalue weighted by atomic mass is 16.5. The highest BCUT2D eigenvalue weighted by Gasteiger charge is 2.37. The minimum absolute atomic E-state index is 0.283. The summed E-state index contributed by atoms with van der Waals surface area (Å²) in [5, 5.41) is 9.96. The van der Waals surface area contributed by atoms with Crippen LogP contribution in [-0.4, -0.2) is 36.2 Å². The Morgan fingerprint density at radius 1 is 1.35 bits per heavy atom. The fraction of sp³-hybridized carbons (Fsp3) is 0.647. The van der Waals surface area contributed by atoms with Crippen LogP contribution in [0.25, 0.3) is 0 Å². The van der Waals surface area contributed by atoms with Gasteiger partial charge in [0.2, 0.25) is 0 Å². The maximum Gasteiger partial charge on any atom is 0.163 e. The lowest BCUT2D eigenvalue weighted by Gasteiger charge is -2.45. The van der Waals surface area contributed by atoms with Crippen molar-refractivity contribution in [2.24, 2.45) is 0 Å². The molecule has 110 valence electrons. The van der Waals surface area contributed by atoms with E-state index in [1.54, 1.807) is 13.2 Å². The van der Waals surface area contributed by atoms with E-state index in [9.17, 15) is 5.11 Å². The molecule has 1 heterocycles. The molecule has 1 aliphatic heterocycles. The summed E-state index contributed by atoms with van der Waals surface area (Å²) in [7, 11) is 1.66. The molecular formula is C17H25NO2. The molecule has 0 radical (unpaired) electrons. The van der Waals surface area contributed by atoms with Crippen LogP contribution in [0.3, 0.4) is 0 Å². The Morgan fingerprint density at radius 3 is 2.95 bits per heavy atom. The van der Waals surface area contributed by atoms with Crippen LogP contribution in [0.15, 0.2) is 12.1 Å². The maximum absolute atomic E-state index is 9.96. The summed E-state index contributed by atoms with van der Waals surface area (Å²) >= 11 is 0. The highest BCUT2D eigenvalue weighted by molar-refractivity contribution is 5.52. The van der Waals surface area contributed by atoms with Gasteiger partial charge in [-0.3, -0.25) is 4.90 Å². The summed E-state index contributed by atoms with van der Waals surface area (Å²) in [6.45, 7) is 4.73. The molecule has 2 atom stereocenters. The van der Waals surface area contributed by atoms with Gasteiger partial charge >= 0.3 is 0 Å². The number of benzene rings is 1. The van der Waals surface area contributed by atoms with Gasteiger partial charge in [0.25, 0.3) is 0 Å². The zero-order chi connectivity index (χ0) is 14.1. The number of likely N-dealkylation sites (tertiary alicyclic amines) is 1. The van der Waals surface area contributed by atoms with Gasteiger partial charge in [0, 0.05) is 11.6 Å². The molecule has 2 aliphatic rings. The molecule has 1 fully saturated rings. The third-order valence-electron chi connectivity index (χ3n) is 4.97. The van der Waals surface area contributed by atoms with Crippen molar-refractivity contribution in [3.05, 3.63) is 23.3 Å². The summed E-state index contributed by atoms with van der Waals surface area (Å²) in [6.07, 6.45) is 6.00. The maximum atomic E-state index is 9.96. The third kappa shape index (κ3) is 2.18. The molecule has 20 heavy (non-hydrogen) atoms. The minimum Gasteiger partial charge on any atom is -0.504 e. The second-order valence-electron chi connectivity index (χ2n) is 6.08. The van der Waals surface area contributed by atoms with Gasteiger partial charge in [-0.15, -0.1) is 0 Å². The summed E-state index contributed by atoms with van der Waals surface area (Å²) in [5.74, 6) is 1.60. The first-order valence-corrected chi connectivity index (χ1v) is 7.89. The van der Waals surface area contributed by atoms with Gasteiger partial charge in [-0.25, -0.2) is 0 Å². The Labute approximate surface area is 121 Å². The molecule has 3 rings (SSSR count). The summed E-state index contributed by atoms with van der Waals surface area (Å²) in [4.78, 5) is 2.68. The van der Waals surface area contributed by atoms with Gasteiger partial charge in [-0.05, 0) is 62.7 Å². The zero-order valence-electron chi connectivity index (χ0n) is 12.6. The van der Waals surface area contributed by atoms with E-state index < -0.39 is 0 Å². The molecule has 0 bridgehead atoms. The fourth-order valence-corrected chi connectivity index (χ4v) is 4.19. The lowest BCUT2D eigenvalue weighted by molar-refractivity contribution is 0.112. The van der Waals surface area contributed by atoms with Crippen molar-refractivity contribution >= 4 is 0 Å². The number of ether oxygens (including phenoxy) is 1. The van der Waals surface area contributed by atoms with E-state index >= 15 is 0 Å². The van der Waals surface area contributed by atoms with E-state index in [1.807, 2.05) is 0 Å². The molecule has 1 aromatic rings. The van der Waals surface area contributed by atoms with Gasteiger partial charge in [0.05, 0.1) is 7.11 Å². The quantitative estimate of drug-likeness (QED) is 0.918. The van der Waals surface area contributed by atoms with Crippen molar-refractivity contribution in [3.63, 3.8) is 0 Å². The molecule has 3 nitrogen and oxygen atoms in total. The Hall–Kier alpha value is -1.22. The van der Waals surface area contributed by atoms with Crippen molar-refractivity contribution in [1.29, 1.82) is 0 Å². The van der Waals surface area contributed by atoms with E-state index in [0.717, 1.165) is 6.42 Å². The number of rotatable bonds is 3. The van der Waals surface area contributed by atoms with E-state index in [1.165, 1.54) is 49.9 Å². The third-order valence-corrected chi connectivity index (χ3v) is 4.97. The molecule has 0 spiro atoms. The van der Waals surface area contributed by atoms with Crippen LogP contribution in [0, 0.1) is 0 Å². The minimum atomic E-state index is 0.283. The number of hydrogen-bond acceptors (Lipinski definition) is 3. The molecule has 0 aromatic heterocycles. The van der Waals surface area contributed by atoms with Crippen LogP contribution in [-0.2, 0) is 6.42 Å². The number of nitrogens with zero attached hydrogens (tertiary/aromatic N) is 1. The fourth-order valence-electron chi connectivity index (χ4n) is 4.19. The van der Waals surface area contributed by atoms with Gasteiger partial charge in [0.1, 0.15) is 0 Å². The topological polar surface area (TPSA) is 32.7 Å². The Balaban J connectivity index is 1.96. The number of aromatic hydroxyl groups is 1. The Kier molecular flexibility index (Phi) is 3.88. The number of phenols is 1. The van der Waals surface area contributed by atoms with Crippen LogP contribution >= 0.6 is 0 Å². The van der Waals surface area contributed by atoms with E-state index in [-0.39, 0.29) is 5.75 Å². The average Bonchev–Trinajstić information content (AvgIpc) is 2.47. The molecule has 0 amide bonds. The molecule has 1 aliphatic carbocycles. The molecular weight excluding hydrogens is 250 g/mol. The first kappa shape index (κ1) is 13.7. The van der Waals surface area contributed by atoms with Crippen LogP contribution in [0.4, 0.5) is 0 Å². The van der Waals surface area contributed by atoms with Gasteiger partial charge in [-0.1, -0.05) is 13.0 Å². The van der Waals surface area contributed by atoms with Crippen molar-refractivity contribution in [2.75, 3.05) is 20.2 Å². The van der Waals surface area contributed by atoms with E-state index in [0.29, 0.717) is 17.7 Å².